The lowest BCUT2D eigenvalue weighted by Crippen LogP contribution is -2.46. The Bertz CT molecular complexity index is 500. The Hall–Kier alpha value is -0.130. The highest BCUT2D eigenvalue weighted by molar-refractivity contribution is 9.10. The van der Waals surface area contributed by atoms with E-state index in [1.54, 1.807) is 0 Å². The third-order valence-corrected chi connectivity index (χ3v) is 5.69. The van der Waals surface area contributed by atoms with Crippen LogP contribution in [-0.2, 0) is 9.47 Å². The second kappa shape index (κ2) is 6.55. The molecule has 0 bridgehead atoms. The molecule has 2 fully saturated rings. The van der Waals surface area contributed by atoms with E-state index in [0.717, 1.165) is 60.6 Å². The summed E-state index contributed by atoms with van der Waals surface area (Å²) in [6.07, 6.45) is 4.00. The van der Waals surface area contributed by atoms with E-state index in [1.165, 1.54) is 0 Å². The first-order chi connectivity index (χ1) is 10.1. The molecular formula is C16H21BrClNO2. The molecule has 3 rings (SSSR count). The molecule has 2 N–H and O–H groups in total. The van der Waals surface area contributed by atoms with Crippen molar-refractivity contribution in [2.45, 2.75) is 37.3 Å². The van der Waals surface area contributed by atoms with Gasteiger partial charge >= 0.3 is 0 Å². The van der Waals surface area contributed by atoms with Crippen molar-refractivity contribution >= 4 is 27.5 Å². The van der Waals surface area contributed by atoms with Crippen LogP contribution in [0.25, 0.3) is 0 Å². The van der Waals surface area contributed by atoms with Gasteiger partial charge in [0, 0.05) is 35.4 Å². The maximum atomic E-state index is 6.55. The minimum atomic E-state index is -0.0162. The first-order valence-electron chi connectivity index (χ1n) is 7.52. The lowest BCUT2D eigenvalue weighted by Gasteiger charge is -2.44. The van der Waals surface area contributed by atoms with Crippen LogP contribution in [0.15, 0.2) is 22.7 Å². The van der Waals surface area contributed by atoms with Crippen LogP contribution >= 0.6 is 27.5 Å². The molecule has 0 radical (unpaired) electrons. The number of hydrogen-bond acceptors (Lipinski definition) is 3. The summed E-state index contributed by atoms with van der Waals surface area (Å²) < 4.78 is 12.6. The highest BCUT2D eigenvalue weighted by Gasteiger charge is 2.41. The van der Waals surface area contributed by atoms with Gasteiger partial charge in [0.15, 0.2) is 0 Å². The van der Waals surface area contributed by atoms with Crippen LogP contribution in [0.5, 0.6) is 0 Å². The Morgan fingerprint density at radius 1 is 1.29 bits per heavy atom. The van der Waals surface area contributed by atoms with Gasteiger partial charge in [0.05, 0.1) is 5.60 Å². The molecule has 2 atom stereocenters. The van der Waals surface area contributed by atoms with Crippen molar-refractivity contribution in [3.05, 3.63) is 33.3 Å². The van der Waals surface area contributed by atoms with Crippen LogP contribution < -0.4 is 5.73 Å². The summed E-state index contributed by atoms with van der Waals surface area (Å²) in [7, 11) is 0. The van der Waals surface area contributed by atoms with E-state index >= 15 is 0 Å². The lowest BCUT2D eigenvalue weighted by atomic mass is 9.76. The van der Waals surface area contributed by atoms with Crippen LogP contribution in [0.1, 0.15) is 37.3 Å². The summed E-state index contributed by atoms with van der Waals surface area (Å²) in [6, 6.07) is 5.87. The van der Waals surface area contributed by atoms with Crippen molar-refractivity contribution in [3.63, 3.8) is 0 Å². The second-order valence-electron chi connectivity index (χ2n) is 6.09. The zero-order valence-electron chi connectivity index (χ0n) is 12.0. The van der Waals surface area contributed by atoms with Crippen molar-refractivity contribution in [3.8, 4) is 0 Å². The molecule has 0 saturated carbocycles. The van der Waals surface area contributed by atoms with Gasteiger partial charge in [-0.2, -0.15) is 0 Å². The van der Waals surface area contributed by atoms with Gasteiger partial charge in [0.25, 0.3) is 0 Å². The molecule has 0 aromatic heterocycles. The minimum absolute atomic E-state index is 0.0141. The molecule has 21 heavy (non-hydrogen) atoms. The summed E-state index contributed by atoms with van der Waals surface area (Å²) in [5.74, 6) is 0.439. The summed E-state index contributed by atoms with van der Waals surface area (Å²) >= 11 is 9.61. The van der Waals surface area contributed by atoms with E-state index in [4.69, 9.17) is 26.8 Å². The Balaban J connectivity index is 1.76. The summed E-state index contributed by atoms with van der Waals surface area (Å²) in [5.41, 5.74) is 7.67. The van der Waals surface area contributed by atoms with Crippen LogP contribution in [0.4, 0.5) is 0 Å². The van der Waals surface area contributed by atoms with E-state index in [2.05, 4.69) is 15.9 Å². The van der Waals surface area contributed by atoms with Gasteiger partial charge in [-0.3, -0.25) is 0 Å². The van der Waals surface area contributed by atoms with Gasteiger partial charge in [0.1, 0.15) is 0 Å². The van der Waals surface area contributed by atoms with Gasteiger partial charge in [-0.25, -0.2) is 0 Å². The SMILES string of the molecule is NC(c1ccc(Cl)cc1Br)C1CCOC2(CCOCC2)C1. The maximum Gasteiger partial charge on any atom is 0.0729 e. The molecule has 5 heteroatoms. The normalized spacial score (nSPS) is 26.7. The number of nitrogens with two attached hydrogens (primary N) is 1. The largest absolute Gasteiger partial charge is 0.381 e. The molecule has 2 aliphatic heterocycles. The van der Waals surface area contributed by atoms with Crippen LogP contribution in [0.2, 0.25) is 5.02 Å². The van der Waals surface area contributed by atoms with E-state index in [-0.39, 0.29) is 11.6 Å². The fourth-order valence-corrected chi connectivity index (χ4v) is 4.44. The van der Waals surface area contributed by atoms with Crippen molar-refractivity contribution in [2.24, 2.45) is 11.7 Å². The first-order valence-corrected chi connectivity index (χ1v) is 8.69. The summed E-state index contributed by atoms with van der Waals surface area (Å²) in [5, 5.41) is 0.728. The molecule has 116 valence electrons. The first kappa shape index (κ1) is 15.8. The van der Waals surface area contributed by atoms with Gasteiger partial charge in [-0.05, 0) is 49.3 Å². The molecular weight excluding hydrogens is 354 g/mol. The van der Waals surface area contributed by atoms with Gasteiger partial charge in [-0.1, -0.05) is 33.6 Å². The van der Waals surface area contributed by atoms with E-state index in [9.17, 15) is 0 Å². The van der Waals surface area contributed by atoms with E-state index < -0.39 is 0 Å². The van der Waals surface area contributed by atoms with Crippen molar-refractivity contribution in [1.29, 1.82) is 0 Å². The zero-order chi connectivity index (χ0) is 14.9. The van der Waals surface area contributed by atoms with E-state index in [1.807, 2.05) is 18.2 Å². The molecule has 1 spiro atoms. The second-order valence-corrected chi connectivity index (χ2v) is 7.38. The Morgan fingerprint density at radius 2 is 2.05 bits per heavy atom. The maximum absolute atomic E-state index is 6.55. The van der Waals surface area contributed by atoms with Crippen LogP contribution in [-0.4, -0.2) is 25.4 Å². The topological polar surface area (TPSA) is 44.5 Å². The van der Waals surface area contributed by atoms with Crippen molar-refractivity contribution in [1.82, 2.24) is 0 Å². The van der Waals surface area contributed by atoms with Crippen LogP contribution in [0, 0.1) is 5.92 Å². The third kappa shape index (κ3) is 3.45. The van der Waals surface area contributed by atoms with E-state index in [0.29, 0.717) is 5.92 Å². The Labute approximate surface area is 139 Å². The quantitative estimate of drug-likeness (QED) is 0.848. The molecule has 1 aromatic rings. The summed E-state index contributed by atoms with van der Waals surface area (Å²) in [4.78, 5) is 0. The van der Waals surface area contributed by atoms with Gasteiger partial charge < -0.3 is 15.2 Å². The Kier molecular flexibility index (Phi) is 4.91. The fraction of sp³-hybridized carbons (Fsp3) is 0.625. The minimum Gasteiger partial charge on any atom is -0.381 e. The number of ether oxygens (including phenoxy) is 2. The molecule has 2 unspecified atom stereocenters. The van der Waals surface area contributed by atoms with Crippen molar-refractivity contribution < 1.29 is 9.47 Å². The molecule has 2 heterocycles. The summed E-state index contributed by atoms with van der Waals surface area (Å²) in [6.45, 7) is 2.39. The monoisotopic (exact) mass is 373 g/mol. The van der Waals surface area contributed by atoms with Crippen LogP contribution in [0.3, 0.4) is 0 Å². The van der Waals surface area contributed by atoms with Crippen molar-refractivity contribution in [2.75, 3.05) is 19.8 Å². The number of hydrogen-bond donors (Lipinski definition) is 1. The van der Waals surface area contributed by atoms with Gasteiger partial charge in [-0.15, -0.1) is 0 Å². The fourth-order valence-electron chi connectivity index (χ4n) is 3.49. The zero-order valence-corrected chi connectivity index (χ0v) is 14.3. The molecule has 2 aliphatic rings. The van der Waals surface area contributed by atoms with Gasteiger partial charge in [0.2, 0.25) is 0 Å². The standard InChI is InChI=1S/C16H21BrClNO2/c17-14-9-12(18)1-2-13(14)15(19)11-3-6-21-16(10-11)4-7-20-8-5-16/h1-2,9,11,15H,3-8,10,19H2. The number of benzene rings is 1. The molecule has 3 nitrogen and oxygen atoms in total. The predicted octanol–water partition coefficient (Wildman–Crippen LogP) is 4.08. The third-order valence-electron chi connectivity index (χ3n) is 4.76. The highest BCUT2D eigenvalue weighted by atomic mass is 79.9. The molecule has 2 saturated heterocycles. The number of halogens is 2. The molecule has 0 amide bonds. The average Bonchev–Trinajstić information content (AvgIpc) is 2.47. The smallest absolute Gasteiger partial charge is 0.0729 e. The average molecular weight is 375 g/mol. The number of rotatable bonds is 2. The molecule has 1 aromatic carbocycles. The lowest BCUT2D eigenvalue weighted by molar-refractivity contribution is -0.149. The Morgan fingerprint density at radius 3 is 2.76 bits per heavy atom. The predicted molar refractivity (Wildman–Crippen MR) is 87.5 cm³/mol. The molecule has 0 aliphatic carbocycles. The highest BCUT2D eigenvalue weighted by Crippen LogP contribution is 2.42.